The predicted octanol–water partition coefficient (Wildman–Crippen LogP) is 24.2. The molecule has 0 fully saturated rings. The molecule has 0 aromatic carbocycles. The van der Waals surface area contributed by atoms with Gasteiger partial charge in [-0.05, 0) is 70.6 Å². The number of esters is 3. The normalized spacial score (nSPS) is 12.1. The van der Waals surface area contributed by atoms with Crippen molar-refractivity contribution in [3.8, 4) is 0 Å². The third-order valence-corrected chi connectivity index (χ3v) is 16.2. The van der Waals surface area contributed by atoms with Crippen LogP contribution < -0.4 is 0 Å². The van der Waals surface area contributed by atoms with Gasteiger partial charge < -0.3 is 14.2 Å². The van der Waals surface area contributed by atoms with Crippen molar-refractivity contribution in [1.82, 2.24) is 0 Å². The molecule has 0 aliphatic rings. The van der Waals surface area contributed by atoms with Crippen molar-refractivity contribution < 1.29 is 28.6 Å². The maximum Gasteiger partial charge on any atom is 0.306 e. The lowest BCUT2D eigenvalue weighted by molar-refractivity contribution is -0.167. The summed E-state index contributed by atoms with van der Waals surface area (Å²) in [5, 5.41) is 0. The molecule has 0 N–H and O–H groups in total. The quantitative estimate of drug-likeness (QED) is 0.0261. The molecule has 6 nitrogen and oxygen atoms in total. The van der Waals surface area contributed by atoms with E-state index >= 15 is 0 Å². The number of allylic oxidation sites excluding steroid dienone is 4. The van der Waals surface area contributed by atoms with Crippen LogP contribution in [0.15, 0.2) is 24.3 Å². The molecular formula is C72H136O6. The highest BCUT2D eigenvalue weighted by molar-refractivity contribution is 5.71. The largest absolute Gasteiger partial charge is 0.462 e. The van der Waals surface area contributed by atoms with Crippen LogP contribution in [0.4, 0.5) is 0 Å². The molecule has 6 heteroatoms. The first-order chi connectivity index (χ1) is 38.5. The van der Waals surface area contributed by atoms with Gasteiger partial charge in [-0.1, -0.05) is 334 Å². The molecule has 78 heavy (non-hydrogen) atoms. The lowest BCUT2D eigenvalue weighted by Crippen LogP contribution is -2.30. The zero-order valence-electron chi connectivity index (χ0n) is 53.0. The summed E-state index contributed by atoms with van der Waals surface area (Å²) in [6, 6.07) is 0. The Kier molecular flexibility index (Phi) is 65.6. The van der Waals surface area contributed by atoms with E-state index < -0.39 is 6.10 Å². The van der Waals surface area contributed by atoms with Crippen LogP contribution in [0, 0.1) is 0 Å². The summed E-state index contributed by atoms with van der Waals surface area (Å²) in [4.78, 5) is 38.4. The molecule has 0 rings (SSSR count). The van der Waals surface area contributed by atoms with Gasteiger partial charge >= 0.3 is 17.9 Å². The van der Waals surface area contributed by atoms with E-state index in [1.54, 1.807) is 0 Å². The number of carbonyl (C=O) groups is 3. The van der Waals surface area contributed by atoms with E-state index in [9.17, 15) is 14.4 Å². The molecule has 0 amide bonds. The number of hydrogen-bond acceptors (Lipinski definition) is 6. The Hall–Kier alpha value is -2.11. The summed E-state index contributed by atoms with van der Waals surface area (Å²) >= 11 is 0. The van der Waals surface area contributed by atoms with Crippen LogP contribution in [-0.2, 0) is 28.6 Å². The van der Waals surface area contributed by atoms with Crippen molar-refractivity contribution in [1.29, 1.82) is 0 Å². The smallest absolute Gasteiger partial charge is 0.306 e. The molecule has 0 saturated heterocycles. The fourth-order valence-corrected chi connectivity index (χ4v) is 10.8. The van der Waals surface area contributed by atoms with Crippen molar-refractivity contribution in [3.63, 3.8) is 0 Å². The highest BCUT2D eigenvalue weighted by Gasteiger charge is 2.19. The molecule has 0 spiro atoms. The van der Waals surface area contributed by atoms with E-state index in [2.05, 4.69) is 45.1 Å². The summed E-state index contributed by atoms with van der Waals surface area (Å²) in [5.41, 5.74) is 0. The molecule has 0 aromatic heterocycles. The van der Waals surface area contributed by atoms with Crippen LogP contribution >= 0.6 is 0 Å². The van der Waals surface area contributed by atoms with Gasteiger partial charge in [0.25, 0.3) is 0 Å². The minimum absolute atomic E-state index is 0.0677. The molecule has 1 atom stereocenters. The second-order valence-corrected chi connectivity index (χ2v) is 24.1. The molecule has 0 aliphatic carbocycles. The third-order valence-electron chi connectivity index (χ3n) is 16.2. The number of rotatable bonds is 66. The Labute approximate surface area is 487 Å². The van der Waals surface area contributed by atoms with Crippen molar-refractivity contribution >= 4 is 17.9 Å². The maximum absolute atomic E-state index is 12.9. The van der Waals surface area contributed by atoms with Crippen LogP contribution in [0.5, 0.6) is 0 Å². The van der Waals surface area contributed by atoms with E-state index in [0.717, 1.165) is 64.2 Å². The van der Waals surface area contributed by atoms with Gasteiger partial charge in [-0.25, -0.2) is 0 Å². The van der Waals surface area contributed by atoms with Crippen LogP contribution in [0.2, 0.25) is 0 Å². The average molecular weight is 1100 g/mol. The third kappa shape index (κ3) is 64.7. The zero-order valence-corrected chi connectivity index (χ0v) is 53.0. The number of carbonyl (C=O) groups excluding carboxylic acids is 3. The number of ether oxygens (including phenoxy) is 3. The summed E-state index contributed by atoms with van der Waals surface area (Å²) in [6.45, 7) is 6.71. The van der Waals surface area contributed by atoms with Gasteiger partial charge in [-0.15, -0.1) is 0 Å². The predicted molar refractivity (Wildman–Crippen MR) is 340 cm³/mol. The minimum Gasteiger partial charge on any atom is -0.462 e. The standard InChI is InChI=1S/C72H136O6/c1-4-7-10-13-16-19-22-25-28-31-32-33-34-35-36-37-38-39-40-42-44-47-50-53-56-59-62-65-71(74)77-68-69(67-76-70(73)64-61-58-55-52-49-46-43-30-27-24-21-18-15-12-9-6-3)78-72(75)66-63-60-57-54-51-48-45-41-29-26-23-20-17-14-11-8-5-2/h30-32,43,69H,4-29,33-42,44-68H2,1-3H3/b32-31-,43-30-. The fraction of sp³-hybridized carbons (Fsp3) is 0.903. The maximum atomic E-state index is 12.9. The molecule has 460 valence electrons. The van der Waals surface area contributed by atoms with Gasteiger partial charge in [0.15, 0.2) is 6.10 Å². The van der Waals surface area contributed by atoms with Crippen molar-refractivity contribution in [2.45, 2.75) is 406 Å². The van der Waals surface area contributed by atoms with E-state index in [4.69, 9.17) is 14.2 Å². The van der Waals surface area contributed by atoms with Crippen molar-refractivity contribution in [3.05, 3.63) is 24.3 Å². The Bertz CT molecular complexity index is 1260. The summed E-state index contributed by atoms with van der Waals surface area (Å²) in [6.07, 6.45) is 82.1. The summed E-state index contributed by atoms with van der Waals surface area (Å²) in [5.74, 6) is -0.844. The van der Waals surface area contributed by atoms with Gasteiger partial charge in [0, 0.05) is 19.3 Å². The summed E-state index contributed by atoms with van der Waals surface area (Å²) in [7, 11) is 0. The van der Waals surface area contributed by atoms with Crippen LogP contribution in [0.3, 0.4) is 0 Å². The van der Waals surface area contributed by atoms with E-state index in [0.29, 0.717) is 19.3 Å². The van der Waals surface area contributed by atoms with Crippen molar-refractivity contribution in [2.75, 3.05) is 13.2 Å². The van der Waals surface area contributed by atoms with Gasteiger partial charge in [0.05, 0.1) is 0 Å². The van der Waals surface area contributed by atoms with Gasteiger partial charge in [0.1, 0.15) is 13.2 Å². The van der Waals surface area contributed by atoms with Gasteiger partial charge in [-0.2, -0.15) is 0 Å². The second-order valence-electron chi connectivity index (χ2n) is 24.1. The molecule has 0 saturated carbocycles. The van der Waals surface area contributed by atoms with Crippen molar-refractivity contribution in [2.24, 2.45) is 0 Å². The Morgan fingerprint density at radius 3 is 0.641 bits per heavy atom. The van der Waals surface area contributed by atoms with E-state index in [1.807, 2.05) is 0 Å². The molecule has 0 aliphatic heterocycles. The topological polar surface area (TPSA) is 78.9 Å². The first kappa shape index (κ1) is 75.9. The molecule has 0 bridgehead atoms. The van der Waals surface area contributed by atoms with Gasteiger partial charge in [0.2, 0.25) is 0 Å². The Morgan fingerprint density at radius 1 is 0.244 bits per heavy atom. The van der Waals surface area contributed by atoms with E-state index in [1.165, 1.54) is 295 Å². The van der Waals surface area contributed by atoms with E-state index in [-0.39, 0.29) is 31.1 Å². The Balaban J connectivity index is 4.23. The van der Waals surface area contributed by atoms with Crippen LogP contribution in [0.1, 0.15) is 400 Å². The molecule has 0 radical (unpaired) electrons. The molecule has 0 heterocycles. The van der Waals surface area contributed by atoms with Crippen LogP contribution in [0.25, 0.3) is 0 Å². The first-order valence-corrected chi connectivity index (χ1v) is 35.3. The number of unbranched alkanes of at least 4 members (excludes halogenated alkanes) is 51. The molecule has 1 unspecified atom stereocenters. The summed E-state index contributed by atoms with van der Waals surface area (Å²) < 4.78 is 17.0. The lowest BCUT2D eigenvalue weighted by Gasteiger charge is -2.18. The van der Waals surface area contributed by atoms with Crippen LogP contribution in [-0.4, -0.2) is 37.2 Å². The molecule has 0 aromatic rings. The van der Waals surface area contributed by atoms with Gasteiger partial charge in [-0.3, -0.25) is 14.4 Å². The SMILES string of the molecule is CCCCCCCCC/C=C\CCCCCCCC(=O)OCC(COC(=O)CCCCCCCCCCCCCCCCC/C=C\CCCCCCCCCC)OC(=O)CCCCCCCCCCCCCCCCCCC. The molecular weight excluding hydrogens is 961 g/mol. The highest BCUT2D eigenvalue weighted by atomic mass is 16.6. The highest BCUT2D eigenvalue weighted by Crippen LogP contribution is 2.18. The zero-order chi connectivity index (χ0) is 56.4. The fourth-order valence-electron chi connectivity index (χ4n) is 10.8. The first-order valence-electron chi connectivity index (χ1n) is 35.3. The monoisotopic (exact) mass is 1100 g/mol. The number of hydrogen-bond donors (Lipinski definition) is 0. The minimum atomic E-state index is -0.772. The second kappa shape index (κ2) is 67.4. The lowest BCUT2D eigenvalue weighted by atomic mass is 10.0. The average Bonchev–Trinajstić information content (AvgIpc) is 3.44. The Morgan fingerprint density at radius 2 is 0.423 bits per heavy atom.